The van der Waals surface area contributed by atoms with Gasteiger partial charge in [0, 0.05) is 0 Å². The summed E-state index contributed by atoms with van der Waals surface area (Å²) in [6.45, 7) is 7.01. The fourth-order valence-corrected chi connectivity index (χ4v) is 2.07. The molecule has 1 aromatic carbocycles. The van der Waals surface area contributed by atoms with Gasteiger partial charge in [0.2, 0.25) is 5.91 Å². The van der Waals surface area contributed by atoms with E-state index in [1.807, 2.05) is 19.9 Å². The maximum atomic E-state index is 11.2. The van der Waals surface area contributed by atoms with Gasteiger partial charge in [-0.15, -0.1) is 0 Å². The smallest absolute Gasteiger partial charge is 0.234 e. The second-order valence-electron chi connectivity index (χ2n) is 5.18. The third-order valence-corrected chi connectivity index (χ3v) is 3.28. The lowest BCUT2D eigenvalue weighted by molar-refractivity contribution is -0.121. The van der Waals surface area contributed by atoms with E-state index in [0.29, 0.717) is 5.92 Å². The fraction of sp³-hybridized carbons (Fsp3) is 0.533. The molecule has 3 nitrogen and oxygen atoms in total. The van der Waals surface area contributed by atoms with Gasteiger partial charge in [0.25, 0.3) is 0 Å². The first kappa shape index (κ1) is 14.7. The van der Waals surface area contributed by atoms with E-state index in [4.69, 9.17) is 5.73 Å². The summed E-state index contributed by atoms with van der Waals surface area (Å²) < 4.78 is 0. The van der Waals surface area contributed by atoms with Gasteiger partial charge in [0.05, 0.1) is 6.04 Å². The van der Waals surface area contributed by atoms with Crippen molar-refractivity contribution < 1.29 is 4.79 Å². The average Bonchev–Trinajstić information content (AvgIpc) is 2.34. The molecule has 0 aromatic heterocycles. The first-order valence-electron chi connectivity index (χ1n) is 6.60. The molecule has 2 unspecified atom stereocenters. The van der Waals surface area contributed by atoms with Crippen LogP contribution in [-0.4, -0.2) is 18.5 Å². The monoisotopic (exact) mass is 248 g/mol. The predicted octanol–water partition coefficient (Wildman–Crippen LogP) is 2.28. The number of carbonyl (C=O) groups excluding carboxylic acids is 1. The van der Waals surface area contributed by atoms with Crippen LogP contribution in [-0.2, 0) is 4.79 Å². The SMILES string of the molecule is CC(CCNC(C(N)=O)C(C)C)c1ccccc1. The summed E-state index contributed by atoms with van der Waals surface area (Å²) in [5, 5.41) is 3.24. The maximum Gasteiger partial charge on any atom is 0.234 e. The van der Waals surface area contributed by atoms with Crippen LogP contribution < -0.4 is 11.1 Å². The van der Waals surface area contributed by atoms with Gasteiger partial charge in [-0.05, 0) is 30.4 Å². The van der Waals surface area contributed by atoms with E-state index < -0.39 is 0 Å². The summed E-state index contributed by atoms with van der Waals surface area (Å²) in [6.07, 6.45) is 1.00. The number of hydrogen-bond donors (Lipinski definition) is 2. The number of carbonyl (C=O) groups is 1. The van der Waals surface area contributed by atoms with Crippen molar-refractivity contribution in [2.75, 3.05) is 6.54 Å². The highest BCUT2D eigenvalue weighted by Crippen LogP contribution is 2.17. The molecule has 1 aromatic rings. The molecule has 2 atom stereocenters. The quantitative estimate of drug-likeness (QED) is 0.778. The Hall–Kier alpha value is -1.35. The van der Waals surface area contributed by atoms with Crippen LogP contribution in [0.2, 0.25) is 0 Å². The Bertz CT molecular complexity index is 362. The van der Waals surface area contributed by atoms with Crippen molar-refractivity contribution in [3.05, 3.63) is 35.9 Å². The van der Waals surface area contributed by atoms with Crippen LogP contribution >= 0.6 is 0 Å². The molecule has 0 radical (unpaired) electrons. The standard InChI is InChI=1S/C15H24N2O/c1-11(2)14(15(16)18)17-10-9-12(3)13-7-5-4-6-8-13/h4-8,11-12,14,17H,9-10H2,1-3H3,(H2,16,18). The minimum atomic E-state index is -0.266. The van der Waals surface area contributed by atoms with Crippen LogP contribution in [0, 0.1) is 5.92 Å². The highest BCUT2D eigenvalue weighted by Gasteiger charge is 2.18. The van der Waals surface area contributed by atoms with E-state index in [2.05, 4.69) is 36.5 Å². The molecule has 100 valence electrons. The molecule has 0 saturated heterocycles. The number of amides is 1. The first-order chi connectivity index (χ1) is 8.52. The highest BCUT2D eigenvalue weighted by atomic mass is 16.1. The first-order valence-corrected chi connectivity index (χ1v) is 6.60. The van der Waals surface area contributed by atoms with Crippen molar-refractivity contribution in [2.24, 2.45) is 11.7 Å². The molecule has 18 heavy (non-hydrogen) atoms. The number of nitrogens with one attached hydrogen (secondary N) is 1. The van der Waals surface area contributed by atoms with Gasteiger partial charge < -0.3 is 11.1 Å². The van der Waals surface area contributed by atoms with E-state index >= 15 is 0 Å². The molecule has 0 aliphatic rings. The van der Waals surface area contributed by atoms with Crippen molar-refractivity contribution in [3.63, 3.8) is 0 Å². The summed E-state index contributed by atoms with van der Waals surface area (Å²) in [5.41, 5.74) is 6.70. The molecule has 0 spiro atoms. The molecule has 0 bridgehead atoms. The lowest BCUT2D eigenvalue weighted by Crippen LogP contribution is -2.45. The van der Waals surface area contributed by atoms with Gasteiger partial charge in [-0.25, -0.2) is 0 Å². The predicted molar refractivity (Wildman–Crippen MR) is 75.3 cm³/mol. The summed E-state index contributed by atoms with van der Waals surface area (Å²) >= 11 is 0. The van der Waals surface area contributed by atoms with Crippen molar-refractivity contribution in [2.45, 2.75) is 39.2 Å². The van der Waals surface area contributed by atoms with Crippen molar-refractivity contribution in [1.29, 1.82) is 0 Å². The molecule has 0 aliphatic heterocycles. The van der Waals surface area contributed by atoms with E-state index in [0.717, 1.165) is 13.0 Å². The zero-order chi connectivity index (χ0) is 13.5. The number of hydrogen-bond acceptors (Lipinski definition) is 2. The minimum Gasteiger partial charge on any atom is -0.368 e. The number of rotatable bonds is 7. The second kappa shape index (κ2) is 7.17. The Kier molecular flexibility index (Phi) is 5.86. The molecular weight excluding hydrogens is 224 g/mol. The van der Waals surface area contributed by atoms with Gasteiger partial charge in [-0.3, -0.25) is 4.79 Å². The third-order valence-electron chi connectivity index (χ3n) is 3.28. The fourth-order valence-electron chi connectivity index (χ4n) is 2.07. The zero-order valence-corrected chi connectivity index (χ0v) is 11.5. The van der Waals surface area contributed by atoms with E-state index in [1.165, 1.54) is 5.56 Å². The van der Waals surface area contributed by atoms with Crippen LogP contribution in [0.3, 0.4) is 0 Å². The van der Waals surface area contributed by atoms with Crippen LogP contribution in [0.25, 0.3) is 0 Å². The van der Waals surface area contributed by atoms with Crippen LogP contribution in [0.1, 0.15) is 38.7 Å². The Labute approximate surface area is 110 Å². The van der Waals surface area contributed by atoms with Crippen molar-refractivity contribution >= 4 is 5.91 Å². The summed E-state index contributed by atoms with van der Waals surface area (Å²) in [5.74, 6) is 0.450. The lowest BCUT2D eigenvalue weighted by atomic mass is 9.97. The topological polar surface area (TPSA) is 55.1 Å². The summed E-state index contributed by atoms with van der Waals surface area (Å²) in [4.78, 5) is 11.2. The van der Waals surface area contributed by atoms with Gasteiger partial charge >= 0.3 is 0 Å². The number of benzene rings is 1. The number of primary amides is 1. The molecule has 0 saturated carbocycles. The van der Waals surface area contributed by atoms with Gasteiger partial charge in [-0.2, -0.15) is 0 Å². The number of nitrogens with two attached hydrogens (primary N) is 1. The van der Waals surface area contributed by atoms with Crippen LogP contribution in [0.5, 0.6) is 0 Å². The van der Waals surface area contributed by atoms with Crippen LogP contribution in [0.4, 0.5) is 0 Å². The Morgan fingerprint density at radius 1 is 1.22 bits per heavy atom. The normalized spacial score (nSPS) is 14.4. The lowest BCUT2D eigenvalue weighted by Gasteiger charge is -2.20. The molecule has 0 heterocycles. The van der Waals surface area contributed by atoms with Crippen molar-refractivity contribution in [1.82, 2.24) is 5.32 Å². The molecule has 0 fully saturated rings. The molecule has 1 rings (SSSR count). The Balaban J connectivity index is 2.39. The van der Waals surface area contributed by atoms with Gasteiger partial charge in [-0.1, -0.05) is 51.1 Å². The Morgan fingerprint density at radius 2 is 1.83 bits per heavy atom. The third kappa shape index (κ3) is 4.49. The second-order valence-corrected chi connectivity index (χ2v) is 5.18. The summed E-state index contributed by atoms with van der Waals surface area (Å²) in [6, 6.07) is 10.2. The largest absolute Gasteiger partial charge is 0.368 e. The zero-order valence-electron chi connectivity index (χ0n) is 11.5. The van der Waals surface area contributed by atoms with Gasteiger partial charge in [0.1, 0.15) is 0 Å². The maximum absolute atomic E-state index is 11.2. The van der Waals surface area contributed by atoms with Gasteiger partial charge in [0.15, 0.2) is 0 Å². The van der Waals surface area contributed by atoms with E-state index in [1.54, 1.807) is 0 Å². The summed E-state index contributed by atoms with van der Waals surface area (Å²) in [7, 11) is 0. The van der Waals surface area contributed by atoms with E-state index in [-0.39, 0.29) is 17.9 Å². The molecule has 3 heteroatoms. The average molecular weight is 248 g/mol. The highest BCUT2D eigenvalue weighted by molar-refractivity contribution is 5.80. The minimum absolute atomic E-state index is 0.229. The van der Waals surface area contributed by atoms with Crippen LogP contribution in [0.15, 0.2) is 30.3 Å². The molecule has 3 N–H and O–H groups in total. The molecular formula is C15H24N2O. The van der Waals surface area contributed by atoms with E-state index in [9.17, 15) is 4.79 Å². The van der Waals surface area contributed by atoms with Crippen molar-refractivity contribution in [3.8, 4) is 0 Å². The molecule has 0 aliphatic carbocycles. The molecule has 1 amide bonds. The Morgan fingerprint density at radius 3 is 2.33 bits per heavy atom.